The Hall–Kier alpha value is 0.772. The van der Waals surface area contributed by atoms with Gasteiger partial charge in [0.1, 0.15) is 0 Å². The van der Waals surface area contributed by atoms with Crippen LogP contribution in [0.1, 0.15) is 13.3 Å². The zero-order chi connectivity index (χ0) is 11.1. The molecule has 10 heteroatoms. The molecule has 84 valence electrons. The molecule has 0 atom stereocenters. The maximum absolute atomic E-state index is 9.83. The van der Waals surface area contributed by atoms with Gasteiger partial charge in [0.05, 0.1) is 12.2 Å². The largest absolute Gasteiger partial charge is 0 e. The van der Waals surface area contributed by atoms with Crippen molar-refractivity contribution in [3.63, 3.8) is 0 Å². The average Bonchev–Trinajstić information content (AvgIpc) is 1.80. The fraction of sp³-hybridized carbons (Fsp3) is 0.600. The van der Waals surface area contributed by atoms with E-state index in [2.05, 4.69) is 0 Å². The summed E-state index contributed by atoms with van der Waals surface area (Å²) in [5.41, 5.74) is 0. The van der Waals surface area contributed by atoms with Crippen molar-refractivity contribution in [2.24, 2.45) is 0 Å². The van der Waals surface area contributed by atoms with E-state index in [-0.39, 0.29) is 56.9 Å². The summed E-state index contributed by atoms with van der Waals surface area (Å²) < 4.78 is 27.6. The van der Waals surface area contributed by atoms with Crippen LogP contribution >= 0.6 is 0 Å². The summed E-state index contributed by atoms with van der Waals surface area (Å²) in [6, 6.07) is 0. The normalized spacial score (nSPS) is 8.40. The molecule has 0 saturated carbocycles. The first-order valence-electron chi connectivity index (χ1n) is 3.01. The van der Waals surface area contributed by atoms with E-state index in [0.29, 0.717) is 0 Å². The predicted octanol–water partition coefficient (Wildman–Crippen LogP) is -1.59. The van der Waals surface area contributed by atoms with Crippen LogP contribution in [0, 0.1) is 0 Å². The first-order chi connectivity index (χ1) is 5.65. The molecule has 0 aromatic heterocycles. The number of rotatable bonds is 3. The van der Waals surface area contributed by atoms with E-state index in [1.54, 1.807) is 0 Å². The van der Waals surface area contributed by atoms with Crippen LogP contribution in [0.25, 0.3) is 0 Å². The third-order valence-corrected chi connectivity index (χ3v) is 1.29. The van der Waals surface area contributed by atoms with Gasteiger partial charge in [-0.05, 0) is 0 Å². The SMILES string of the molecule is CC(=O)O.O=C(O)CCS(=O)(=O)O.[NaH].[Pb]. The van der Waals surface area contributed by atoms with Crippen molar-refractivity contribution in [2.45, 2.75) is 13.3 Å². The predicted molar refractivity (Wildman–Crippen MR) is 54.9 cm³/mol. The molecule has 0 bridgehead atoms. The van der Waals surface area contributed by atoms with Crippen molar-refractivity contribution < 1.29 is 32.8 Å². The second-order valence-electron chi connectivity index (χ2n) is 1.95. The Bertz CT molecular complexity index is 271. The van der Waals surface area contributed by atoms with Crippen molar-refractivity contribution >= 4 is 78.9 Å². The van der Waals surface area contributed by atoms with Crippen LogP contribution in [0.15, 0.2) is 0 Å². The van der Waals surface area contributed by atoms with E-state index in [9.17, 15) is 13.2 Å². The molecule has 0 aromatic carbocycles. The quantitative estimate of drug-likeness (QED) is 0.353. The number of carbonyl (C=O) groups is 2. The average molecular weight is 445 g/mol. The van der Waals surface area contributed by atoms with Crippen molar-refractivity contribution in [3.05, 3.63) is 0 Å². The number of carboxylic acid groups (broad SMARTS) is 2. The van der Waals surface area contributed by atoms with Gasteiger partial charge < -0.3 is 10.2 Å². The fourth-order valence-electron chi connectivity index (χ4n) is 0.216. The van der Waals surface area contributed by atoms with Gasteiger partial charge in [0, 0.05) is 34.2 Å². The number of carboxylic acids is 2. The van der Waals surface area contributed by atoms with Gasteiger partial charge in [-0.3, -0.25) is 14.1 Å². The summed E-state index contributed by atoms with van der Waals surface area (Å²) in [7, 11) is -4.10. The van der Waals surface area contributed by atoms with Crippen molar-refractivity contribution in [1.82, 2.24) is 0 Å². The Morgan fingerprint density at radius 1 is 1.20 bits per heavy atom. The summed E-state index contributed by atoms with van der Waals surface area (Å²) >= 11 is 0. The van der Waals surface area contributed by atoms with Gasteiger partial charge in [-0.15, -0.1) is 0 Å². The Kier molecular flexibility index (Phi) is 21.3. The zero-order valence-corrected chi connectivity index (χ0v) is 12.0. The van der Waals surface area contributed by atoms with Crippen LogP contribution in [-0.2, 0) is 19.7 Å². The maximum atomic E-state index is 9.83. The van der Waals surface area contributed by atoms with Crippen LogP contribution in [0.4, 0.5) is 0 Å². The molecule has 0 fully saturated rings. The Morgan fingerprint density at radius 3 is 1.53 bits per heavy atom. The van der Waals surface area contributed by atoms with E-state index >= 15 is 0 Å². The Morgan fingerprint density at radius 2 is 1.47 bits per heavy atom. The summed E-state index contributed by atoms with van der Waals surface area (Å²) in [6.07, 6.45) is -0.557. The van der Waals surface area contributed by atoms with Gasteiger partial charge in [0.2, 0.25) is 0 Å². The molecule has 0 unspecified atom stereocenters. The van der Waals surface area contributed by atoms with E-state index in [1.165, 1.54) is 0 Å². The molecular weight excluding hydrogens is 434 g/mol. The minimum absolute atomic E-state index is 0. The third kappa shape index (κ3) is 52.5. The van der Waals surface area contributed by atoms with Gasteiger partial charge in [0.15, 0.2) is 0 Å². The Labute approximate surface area is 129 Å². The molecule has 15 heavy (non-hydrogen) atoms. The van der Waals surface area contributed by atoms with Crippen LogP contribution in [0.5, 0.6) is 0 Å². The van der Waals surface area contributed by atoms with Crippen LogP contribution in [-0.4, -0.2) is 97.7 Å². The minimum atomic E-state index is -4.10. The summed E-state index contributed by atoms with van der Waals surface area (Å²) in [6.45, 7) is 1.08. The topological polar surface area (TPSA) is 129 Å². The second kappa shape index (κ2) is 12.8. The molecule has 0 heterocycles. The molecule has 7 nitrogen and oxygen atoms in total. The summed E-state index contributed by atoms with van der Waals surface area (Å²) in [5.74, 6) is -2.80. The minimum Gasteiger partial charge on any atom is 0 e. The smallest absolute Gasteiger partial charge is 0 e. The number of hydrogen-bond acceptors (Lipinski definition) is 4. The molecule has 0 aliphatic rings. The molecule has 4 radical (unpaired) electrons. The van der Waals surface area contributed by atoms with E-state index in [4.69, 9.17) is 19.6 Å². The molecule has 3 N–H and O–H groups in total. The van der Waals surface area contributed by atoms with Gasteiger partial charge in [-0.2, -0.15) is 8.42 Å². The summed E-state index contributed by atoms with van der Waals surface area (Å²) in [5, 5.41) is 15.3. The monoisotopic (exact) mass is 446 g/mol. The van der Waals surface area contributed by atoms with E-state index < -0.39 is 34.2 Å². The van der Waals surface area contributed by atoms with Gasteiger partial charge in [-0.25, -0.2) is 0 Å². The molecule has 0 aliphatic heterocycles. The maximum Gasteiger partial charge on any atom is 0 e. The molecular formula is C5H11NaO7PbS. The molecule has 0 spiro atoms. The van der Waals surface area contributed by atoms with Crippen molar-refractivity contribution in [3.8, 4) is 0 Å². The summed E-state index contributed by atoms with van der Waals surface area (Å²) in [4.78, 5) is 18.7. The second-order valence-corrected chi connectivity index (χ2v) is 3.52. The van der Waals surface area contributed by atoms with Gasteiger partial charge in [-0.1, -0.05) is 0 Å². The van der Waals surface area contributed by atoms with Crippen LogP contribution < -0.4 is 0 Å². The van der Waals surface area contributed by atoms with Crippen LogP contribution in [0.2, 0.25) is 0 Å². The molecule has 0 aromatic rings. The van der Waals surface area contributed by atoms with E-state index in [0.717, 1.165) is 6.92 Å². The number of aliphatic carboxylic acids is 2. The number of hydrogen-bond donors (Lipinski definition) is 3. The fourth-order valence-corrected chi connectivity index (χ4v) is 0.649. The van der Waals surface area contributed by atoms with Crippen molar-refractivity contribution in [2.75, 3.05) is 5.75 Å². The Balaban J connectivity index is -0.0000000883. The van der Waals surface area contributed by atoms with E-state index in [1.807, 2.05) is 0 Å². The van der Waals surface area contributed by atoms with Crippen LogP contribution in [0.3, 0.4) is 0 Å². The first-order valence-corrected chi connectivity index (χ1v) is 4.62. The standard InChI is InChI=1S/C3H6O5S.C2H4O2.Na.Pb.H/c4-3(5)1-2-9(6,7)8;1-2(3)4;;;/h1-2H2,(H,4,5)(H,6,7,8);1H3,(H,3,4);;;. The third-order valence-electron chi connectivity index (χ3n) is 0.574. The van der Waals surface area contributed by atoms with Gasteiger partial charge in [0.25, 0.3) is 16.1 Å². The molecule has 0 saturated heterocycles. The molecule has 0 rings (SSSR count). The first kappa shape index (κ1) is 24.8. The molecule has 0 amide bonds. The molecule has 0 aliphatic carbocycles. The zero-order valence-electron chi connectivity index (χ0n) is 7.30. The van der Waals surface area contributed by atoms with Gasteiger partial charge >= 0.3 is 35.5 Å². The van der Waals surface area contributed by atoms with Crippen molar-refractivity contribution in [1.29, 1.82) is 0 Å².